The molecule has 1 nitrogen and oxygen atoms in total. The number of halogens is 1. The predicted molar refractivity (Wildman–Crippen MR) is 28.1 cm³/mol. The Morgan fingerprint density at radius 1 is 1.29 bits per heavy atom. The Morgan fingerprint density at radius 2 is 1.43 bits per heavy atom. The number of hydrogen-bond acceptors (Lipinski definition) is 1. The highest BCUT2D eigenvalue weighted by Crippen LogP contribution is 2.14. The lowest BCUT2D eigenvalue weighted by Crippen LogP contribution is -1.36. The van der Waals surface area contributed by atoms with Crippen LogP contribution in [0.25, 0.3) is 0 Å². The molecule has 0 atom stereocenters. The molecule has 1 saturated carbocycles. The lowest BCUT2D eigenvalue weighted by molar-refractivity contribution is -0.106. The van der Waals surface area contributed by atoms with Crippen molar-refractivity contribution in [3.63, 3.8) is 0 Å². The van der Waals surface area contributed by atoms with Gasteiger partial charge in [-0.05, 0) is 6.92 Å². The number of carbonyl (C=O) groups excluding carboxylic acids is 1. The molecule has 1 aliphatic rings. The third-order valence-electron chi connectivity index (χ3n) is 0.354. The van der Waals surface area contributed by atoms with E-state index in [-0.39, 0.29) is 4.70 Å². The Hall–Kier alpha value is -0.400. The van der Waals surface area contributed by atoms with Crippen molar-refractivity contribution in [3.05, 3.63) is 0 Å². The normalized spacial score (nSPS) is 12.1. The molecule has 44 valence electrons. The smallest absolute Gasteiger partial charge is 0.116 e. The molecule has 1 rings (SSSR count). The molecule has 0 amide bonds. The molecule has 0 saturated heterocycles. The van der Waals surface area contributed by atoms with E-state index in [1.807, 2.05) is 0 Å². The first kappa shape index (κ1) is 9.78. The Morgan fingerprint density at radius 3 is 1.43 bits per heavy atom. The van der Waals surface area contributed by atoms with Crippen molar-refractivity contribution in [3.8, 4) is 0 Å². The summed E-state index contributed by atoms with van der Waals surface area (Å²) in [6.45, 7) is 1.44. The Labute approximate surface area is 43.1 Å². The first-order valence-electron chi connectivity index (χ1n) is 2.31. The highest BCUT2D eigenvalue weighted by Gasteiger charge is 1.95. The minimum Gasteiger partial charge on any atom is -0.304 e. The molecule has 0 heterocycles. The number of hydrogen-bond donors (Lipinski definition) is 0. The molecule has 7 heavy (non-hydrogen) atoms. The van der Waals surface area contributed by atoms with Gasteiger partial charge in [-0.15, -0.1) is 0 Å². The Kier molecular flexibility index (Phi) is 12.8. The summed E-state index contributed by atoms with van der Waals surface area (Å²) >= 11 is 0. The summed E-state index contributed by atoms with van der Waals surface area (Å²) < 4.78 is 0. The molecule has 0 N–H and O–H groups in total. The minimum absolute atomic E-state index is 0. The van der Waals surface area contributed by atoms with Crippen molar-refractivity contribution in [2.45, 2.75) is 26.2 Å². The molecular formula is C5H11FO. The minimum atomic E-state index is 0. The molecule has 2 heteroatoms. The Balaban J connectivity index is 0. The van der Waals surface area contributed by atoms with Gasteiger partial charge < -0.3 is 4.79 Å². The molecule has 0 aromatic rings. The van der Waals surface area contributed by atoms with Crippen molar-refractivity contribution in [1.82, 2.24) is 0 Å². The van der Waals surface area contributed by atoms with Gasteiger partial charge >= 0.3 is 0 Å². The second-order valence-electron chi connectivity index (χ2n) is 1.30. The van der Waals surface area contributed by atoms with Gasteiger partial charge in [-0.2, -0.15) is 0 Å². The molecule has 0 radical (unpaired) electrons. The lowest BCUT2D eigenvalue weighted by Gasteiger charge is -1.23. The van der Waals surface area contributed by atoms with E-state index in [2.05, 4.69) is 0 Å². The zero-order chi connectivity index (χ0) is 4.83. The third kappa shape index (κ3) is 202. The largest absolute Gasteiger partial charge is 0.304 e. The van der Waals surface area contributed by atoms with Gasteiger partial charge in [0.1, 0.15) is 6.29 Å². The van der Waals surface area contributed by atoms with Crippen LogP contribution >= 0.6 is 0 Å². The average molecular weight is 106 g/mol. The van der Waals surface area contributed by atoms with Gasteiger partial charge in [0.05, 0.1) is 0 Å². The van der Waals surface area contributed by atoms with Crippen LogP contribution in [0.3, 0.4) is 0 Å². The summed E-state index contributed by atoms with van der Waals surface area (Å²) in [7, 11) is 0. The van der Waals surface area contributed by atoms with Crippen LogP contribution in [0.2, 0.25) is 0 Å². The quantitative estimate of drug-likeness (QED) is 0.428. The molecule has 1 fully saturated rings. The SMILES string of the molecule is C1CC1.CC=O.F. The predicted octanol–water partition coefficient (Wildman–Crippen LogP) is 1.53. The van der Waals surface area contributed by atoms with Crippen molar-refractivity contribution >= 4 is 6.29 Å². The van der Waals surface area contributed by atoms with Crippen LogP contribution in [0.15, 0.2) is 0 Å². The summed E-state index contributed by atoms with van der Waals surface area (Å²) in [5, 5.41) is 0. The van der Waals surface area contributed by atoms with Gasteiger partial charge in [0.25, 0.3) is 0 Å². The van der Waals surface area contributed by atoms with Crippen LogP contribution in [-0.4, -0.2) is 6.29 Å². The van der Waals surface area contributed by atoms with E-state index in [1.54, 1.807) is 0 Å². The van der Waals surface area contributed by atoms with Crippen LogP contribution in [0.4, 0.5) is 4.70 Å². The van der Waals surface area contributed by atoms with Gasteiger partial charge in [-0.3, -0.25) is 4.70 Å². The van der Waals surface area contributed by atoms with Gasteiger partial charge in [-0.25, -0.2) is 0 Å². The Bertz CT molecular complexity index is 32.3. The molecule has 0 spiro atoms. The van der Waals surface area contributed by atoms with E-state index in [1.165, 1.54) is 26.2 Å². The summed E-state index contributed by atoms with van der Waals surface area (Å²) in [6.07, 6.45) is 5.25. The van der Waals surface area contributed by atoms with E-state index in [9.17, 15) is 0 Å². The van der Waals surface area contributed by atoms with Gasteiger partial charge in [0.2, 0.25) is 0 Å². The standard InChI is InChI=1S/C3H6.C2H4O.FH/c1-2-3-1;1-2-3;/h1-3H2;2H,1H3;1H. The topological polar surface area (TPSA) is 17.1 Å². The molecule has 0 aromatic heterocycles. The number of rotatable bonds is 0. The molecule has 0 bridgehead atoms. The molecular weight excluding hydrogens is 95.1 g/mol. The average Bonchev–Trinajstić information content (AvgIpc) is 2.11. The first-order chi connectivity index (χ1) is 2.91. The zero-order valence-corrected chi connectivity index (χ0v) is 4.52. The van der Waals surface area contributed by atoms with Crippen LogP contribution in [0.1, 0.15) is 26.2 Å². The van der Waals surface area contributed by atoms with Crippen molar-refractivity contribution in [2.75, 3.05) is 0 Å². The molecule has 0 aliphatic heterocycles. The van der Waals surface area contributed by atoms with Crippen LogP contribution in [0.5, 0.6) is 0 Å². The van der Waals surface area contributed by atoms with Crippen molar-refractivity contribution in [1.29, 1.82) is 0 Å². The fourth-order valence-electron chi connectivity index (χ4n) is 0. The van der Waals surface area contributed by atoms with Gasteiger partial charge in [0.15, 0.2) is 0 Å². The molecule has 0 aromatic carbocycles. The highest BCUT2D eigenvalue weighted by atomic mass is 19.0. The van der Waals surface area contributed by atoms with E-state index >= 15 is 0 Å². The summed E-state index contributed by atoms with van der Waals surface area (Å²) in [6, 6.07) is 0. The van der Waals surface area contributed by atoms with E-state index in [4.69, 9.17) is 4.79 Å². The second-order valence-corrected chi connectivity index (χ2v) is 1.30. The second kappa shape index (κ2) is 9.14. The lowest BCUT2D eigenvalue weighted by atomic mass is 11.0. The fourth-order valence-corrected chi connectivity index (χ4v) is 0. The van der Waals surface area contributed by atoms with E-state index in [0.717, 1.165) is 6.29 Å². The van der Waals surface area contributed by atoms with Gasteiger partial charge in [-0.1, -0.05) is 19.3 Å². The first-order valence-corrected chi connectivity index (χ1v) is 2.31. The van der Waals surface area contributed by atoms with Crippen LogP contribution in [0, 0.1) is 0 Å². The summed E-state index contributed by atoms with van der Waals surface area (Å²) in [4.78, 5) is 8.81. The maximum Gasteiger partial charge on any atom is 0.116 e. The van der Waals surface area contributed by atoms with Crippen LogP contribution in [-0.2, 0) is 4.79 Å². The van der Waals surface area contributed by atoms with E-state index < -0.39 is 0 Å². The summed E-state index contributed by atoms with van der Waals surface area (Å²) in [5.41, 5.74) is 0. The molecule has 1 aliphatic carbocycles. The summed E-state index contributed by atoms with van der Waals surface area (Å²) in [5.74, 6) is 0. The van der Waals surface area contributed by atoms with Gasteiger partial charge in [0, 0.05) is 0 Å². The highest BCUT2D eigenvalue weighted by molar-refractivity contribution is 5.44. The van der Waals surface area contributed by atoms with Crippen LogP contribution < -0.4 is 0 Å². The van der Waals surface area contributed by atoms with Crippen molar-refractivity contribution < 1.29 is 9.50 Å². The van der Waals surface area contributed by atoms with Crippen molar-refractivity contribution in [2.24, 2.45) is 0 Å². The number of carbonyl (C=O) groups is 1. The molecule has 0 unspecified atom stereocenters. The third-order valence-corrected chi connectivity index (χ3v) is 0.354. The zero-order valence-electron chi connectivity index (χ0n) is 4.52. The van der Waals surface area contributed by atoms with E-state index in [0.29, 0.717) is 0 Å². The monoisotopic (exact) mass is 106 g/mol. The maximum atomic E-state index is 8.81. The fraction of sp³-hybridized carbons (Fsp3) is 0.800. The maximum absolute atomic E-state index is 8.81. The number of aldehydes is 1.